The van der Waals surface area contributed by atoms with Gasteiger partial charge >= 0.3 is 0 Å². The standard InChI is InChI=1S/C20H35NO/c1-3-5-6-7-8-9-10-11-12-13-14-15-16-17-18-20(22)19(21)4-2/h7-8,10-11,13-14,16-17,19-20,22H,3-6,9,12,15,18,21H2,1-2H3/b8-7-,11-10-,14-13-,17-16-/t19-,20+/m1/s1. The normalized spacial score (nSPS) is 15.6. The summed E-state index contributed by atoms with van der Waals surface area (Å²) >= 11 is 0. The molecule has 0 spiro atoms. The third-order valence-electron chi connectivity index (χ3n) is 3.55. The molecule has 0 fully saturated rings. The Bertz CT molecular complexity index is 342. The second-order valence-electron chi connectivity index (χ2n) is 5.61. The van der Waals surface area contributed by atoms with E-state index < -0.39 is 6.10 Å². The Kier molecular flexibility index (Phi) is 15.4. The summed E-state index contributed by atoms with van der Waals surface area (Å²) < 4.78 is 0. The maximum atomic E-state index is 9.70. The topological polar surface area (TPSA) is 46.2 Å². The number of unbranched alkanes of at least 4 members (excludes halogenated alkanes) is 2. The number of aliphatic hydroxyl groups excluding tert-OH is 1. The molecule has 2 nitrogen and oxygen atoms in total. The van der Waals surface area contributed by atoms with Gasteiger partial charge in [0.25, 0.3) is 0 Å². The summed E-state index contributed by atoms with van der Waals surface area (Å²) in [5.74, 6) is 0. The maximum absolute atomic E-state index is 9.70. The first-order chi connectivity index (χ1) is 10.7. The number of nitrogens with two attached hydrogens (primary N) is 1. The molecule has 0 radical (unpaired) electrons. The van der Waals surface area contributed by atoms with Crippen molar-refractivity contribution in [2.24, 2.45) is 5.73 Å². The van der Waals surface area contributed by atoms with E-state index in [-0.39, 0.29) is 6.04 Å². The summed E-state index contributed by atoms with van der Waals surface area (Å²) in [7, 11) is 0. The Hall–Kier alpha value is -1.12. The summed E-state index contributed by atoms with van der Waals surface area (Å²) in [6.45, 7) is 4.21. The van der Waals surface area contributed by atoms with Crippen LogP contribution in [0.1, 0.15) is 65.2 Å². The van der Waals surface area contributed by atoms with Crippen LogP contribution in [0.25, 0.3) is 0 Å². The molecule has 22 heavy (non-hydrogen) atoms. The quantitative estimate of drug-likeness (QED) is 0.369. The van der Waals surface area contributed by atoms with E-state index in [1.54, 1.807) is 0 Å². The van der Waals surface area contributed by atoms with Gasteiger partial charge in [-0.15, -0.1) is 0 Å². The molecular weight excluding hydrogens is 270 g/mol. The zero-order valence-electron chi connectivity index (χ0n) is 14.5. The fourth-order valence-corrected chi connectivity index (χ4v) is 1.94. The van der Waals surface area contributed by atoms with Gasteiger partial charge in [0.2, 0.25) is 0 Å². The van der Waals surface area contributed by atoms with Gasteiger partial charge in [-0.25, -0.2) is 0 Å². The molecule has 0 unspecified atom stereocenters. The van der Waals surface area contributed by atoms with Crippen molar-refractivity contribution >= 4 is 0 Å². The second kappa shape index (κ2) is 16.3. The molecule has 0 aliphatic heterocycles. The minimum atomic E-state index is -0.418. The predicted molar refractivity (Wildman–Crippen MR) is 98.8 cm³/mol. The Labute approximate surface area is 137 Å². The van der Waals surface area contributed by atoms with Crippen molar-refractivity contribution in [3.05, 3.63) is 48.6 Å². The Morgan fingerprint density at radius 3 is 1.82 bits per heavy atom. The fraction of sp³-hybridized carbons (Fsp3) is 0.600. The van der Waals surface area contributed by atoms with E-state index in [1.165, 1.54) is 19.3 Å². The van der Waals surface area contributed by atoms with Crippen LogP contribution in [0.4, 0.5) is 0 Å². The molecule has 0 bridgehead atoms. The van der Waals surface area contributed by atoms with Crippen LogP contribution < -0.4 is 5.73 Å². The van der Waals surface area contributed by atoms with Gasteiger partial charge in [-0.2, -0.15) is 0 Å². The van der Waals surface area contributed by atoms with Crippen molar-refractivity contribution in [2.45, 2.75) is 77.4 Å². The van der Waals surface area contributed by atoms with Gasteiger partial charge in [0, 0.05) is 6.04 Å². The van der Waals surface area contributed by atoms with Crippen LogP contribution in [0.5, 0.6) is 0 Å². The number of hydrogen-bond donors (Lipinski definition) is 2. The van der Waals surface area contributed by atoms with Gasteiger partial charge in [-0.1, -0.05) is 75.3 Å². The molecule has 3 N–H and O–H groups in total. The van der Waals surface area contributed by atoms with Crippen LogP contribution in [0.15, 0.2) is 48.6 Å². The van der Waals surface area contributed by atoms with Gasteiger partial charge < -0.3 is 10.8 Å². The van der Waals surface area contributed by atoms with Crippen LogP contribution in [-0.2, 0) is 0 Å². The molecule has 0 saturated carbocycles. The van der Waals surface area contributed by atoms with E-state index in [0.29, 0.717) is 6.42 Å². The lowest BCUT2D eigenvalue weighted by Crippen LogP contribution is -2.33. The third-order valence-corrected chi connectivity index (χ3v) is 3.55. The van der Waals surface area contributed by atoms with Crippen molar-refractivity contribution in [3.63, 3.8) is 0 Å². The van der Waals surface area contributed by atoms with E-state index in [4.69, 9.17) is 5.73 Å². The highest BCUT2D eigenvalue weighted by atomic mass is 16.3. The van der Waals surface area contributed by atoms with Crippen LogP contribution in [0, 0.1) is 0 Å². The first kappa shape index (κ1) is 20.9. The van der Waals surface area contributed by atoms with Crippen molar-refractivity contribution in [1.29, 1.82) is 0 Å². The smallest absolute Gasteiger partial charge is 0.0725 e. The summed E-state index contributed by atoms with van der Waals surface area (Å²) in [4.78, 5) is 0. The Morgan fingerprint density at radius 2 is 1.32 bits per heavy atom. The summed E-state index contributed by atoms with van der Waals surface area (Å²) in [5.41, 5.74) is 5.76. The average molecular weight is 306 g/mol. The molecule has 0 heterocycles. The lowest BCUT2D eigenvalue weighted by Gasteiger charge is -2.14. The van der Waals surface area contributed by atoms with E-state index in [0.717, 1.165) is 25.7 Å². The van der Waals surface area contributed by atoms with Gasteiger partial charge in [0.1, 0.15) is 0 Å². The van der Waals surface area contributed by atoms with Gasteiger partial charge in [-0.05, 0) is 38.5 Å². The van der Waals surface area contributed by atoms with Crippen LogP contribution in [0.3, 0.4) is 0 Å². The maximum Gasteiger partial charge on any atom is 0.0725 e. The summed E-state index contributed by atoms with van der Waals surface area (Å²) in [5, 5.41) is 9.70. The molecule has 0 aromatic rings. The summed E-state index contributed by atoms with van der Waals surface area (Å²) in [6.07, 6.45) is 25.1. The molecule has 2 heteroatoms. The first-order valence-corrected chi connectivity index (χ1v) is 8.75. The van der Waals surface area contributed by atoms with Gasteiger partial charge in [-0.3, -0.25) is 0 Å². The zero-order valence-corrected chi connectivity index (χ0v) is 14.5. The Balaban J connectivity index is 3.56. The van der Waals surface area contributed by atoms with E-state index >= 15 is 0 Å². The molecule has 0 aliphatic rings. The third kappa shape index (κ3) is 13.8. The average Bonchev–Trinajstić information content (AvgIpc) is 2.54. The minimum absolute atomic E-state index is 0.110. The highest BCUT2D eigenvalue weighted by Gasteiger charge is 2.09. The lowest BCUT2D eigenvalue weighted by molar-refractivity contribution is 0.145. The van der Waals surface area contributed by atoms with Crippen molar-refractivity contribution in [2.75, 3.05) is 0 Å². The van der Waals surface area contributed by atoms with Crippen molar-refractivity contribution in [1.82, 2.24) is 0 Å². The van der Waals surface area contributed by atoms with Crippen LogP contribution in [0.2, 0.25) is 0 Å². The number of rotatable bonds is 13. The summed E-state index contributed by atoms with van der Waals surface area (Å²) in [6, 6.07) is -0.110. The highest BCUT2D eigenvalue weighted by Crippen LogP contribution is 2.02. The fourth-order valence-electron chi connectivity index (χ4n) is 1.94. The Morgan fingerprint density at radius 1 is 0.818 bits per heavy atom. The largest absolute Gasteiger partial charge is 0.391 e. The van der Waals surface area contributed by atoms with Crippen LogP contribution >= 0.6 is 0 Å². The predicted octanol–water partition coefficient (Wildman–Crippen LogP) is 5.06. The lowest BCUT2D eigenvalue weighted by atomic mass is 10.1. The number of allylic oxidation sites excluding steroid dienone is 7. The van der Waals surface area contributed by atoms with E-state index in [1.807, 2.05) is 13.0 Å². The molecule has 0 aromatic heterocycles. The number of hydrogen-bond acceptors (Lipinski definition) is 2. The molecular formula is C20H35NO. The van der Waals surface area contributed by atoms with Crippen molar-refractivity contribution < 1.29 is 5.11 Å². The first-order valence-electron chi connectivity index (χ1n) is 8.75. The van der Waals surface area contributed by atoms with Crippen LogP contribution in [-0.4, -0.2) is 17.3 Å². The molecule has 0 rings (SSSR count). The SMILES string of the molecule is CCCC/C=C\C/C=C\C/C=C\C/C=C\C[C@H](O)[C@H](N)CC. The number of aliphatic hydroxyl groups is 1. The second-order valence-corrected chi connectivity index (χ2v) is 5.61. The van der Waals surface area contributed by atoms with E-state index in [2.05, 4.69) is 49.5 Å². The molecule has 0 saturated heterocycles. The highest BCUT2D eigenvalue weighted by molar-refractivity contribution is 4.99. The van der Waals surface area contributed by atoms with E-state index in [9.17, 15) is 5.11 Å². The van der Waals surface area contributed by atoms with Gasteiger partial charge in [0.05, 0.1) is 6.10 Å². The molecule has 2 atom stereocenters. The molecule has 126 valence electrons. The monoisotopic (exact) mass is 305 g/mol. The molecule has 0 aliphatic carbocycles. The van der Waals surface area contributed by atoms with Crippen molar-refractivity contribution in [3.8, 4) is 0 Å². The van der Waals surface area contributed by atoms with Gasteiger partial charge in [0.15, 0.2) is 0 Å². The molecule has 0 aromatic carbocycles. The minimum Gasteiger partial charge on any atom is -0.391 e. The molecule has 0 amide bonds. The zero-order chi connectivity index (χ0) is 16.5.